The molecular weight excluding hydrogens is 314 g/mol. The van der Waals surface area contributed by atoms with Crippen LogP contribution in [-0.4, -0.2) is 29.7 Å². The maximum Gasteiger partial charge on any atom is 0.317 e. The number of amides is 2. The zero-order valence-corrected chi connectivity index (χ0v) is 15.8. The first kappa shape index (κ1) is 16.9. The lowest BCUT2D eigenvalue weighted by Crippen LogP contribution is -2.52. The van der Waals surface area contributed by atoms with Crippen molar-refractivity contribution in [1.29, 1.82) is 0 Å². The normalized spacial score (nSPS) is 33.0. The summed E-state index contributed by atoms with van der Waals surface area (Å²) in [6.07, 6.45) is 8.29. The number of rotatable bonds is 5. The Morgan fingerprint density at radius 1 is 1.28 bits per heavy atom. The number of nitrogens with one attached hydrogen (secondary N) is 1. The van der Waals surface area contributed by atoms with E-state index in [1.165, 1.54) is 38.5 Å². The van der Waals surface area contributed by atoms with Crippen LogP contribution in [0.2, 0.25) is 0 Å². The number of nitrogens with zero attached hydrogens (tertiary/aromatic N) is 2. The van der Waals surface area contributed by atoms with Crippen molar-refractivity contribution in [2.24, 2.45) is 23.2 Å². The standard InChI is InChI=1S/C20H31N3O2/c1-13(2)18-7-17(25-22-18)11-23(3)19(24)21-12-20-8-14-4-15(9-20)6-16(5-14)10-20/h7,13-16H,4-6,8-12H2,1-3H3,(H,21,24). The molecule has 4 aliphatic rings. The van der Waals surface area contributed by atoms with Crippen LogP contribution in [-0.2, 0) is 6.54 Å². The van der Waals surface area contributed by atoms with E-state index in [-0.39, 0.29) is 6.03 Å². The summed E-state index contributed by atoms with van der Waals surface area (Å²) >= 11 is 0. The van der Waals surface area contributed by atoms with Gasteiger partial charge in [0.05, 0.1) is 12.2 Å². The maximum absolute atomic E-state index is 12.5. The molecule has 0 aliphatic heterocycles. The SMILES string of the molecule is CC(C)c1cc(CN(C)C(=O)NCC23CC4CC(CC(C4)C2)C3)on1. The molecular formula is C20H31N3O2. The third-order valence-corrected chi connectivity index (χ3v) is 6.69. The highest BCUT2D eigenvalue weighted by Crippen LogP contribution is 2.59. The van der Waals surface area contributed by atoms with Gasteiger partial charge in [0.2, 0.25) is 0 Å². The highest BCUT2D eigenvalue weighted by Gasteiger charge is 2.50. The first-order valence-electron chi connectivity index (χ1n) is 9.87. The summed E-state index contributed by atoms with van der Waals surface area (Å²) in [6, 6.07) is 1.95. The molecule has 25 heavy (non-hydrogen) atoms. The minimum Gasteiger partial charge on any atom is -0.359 e. The second-order valence-corrected chi connectivity index (χ2v) is 9.31. The highest BCUT2D eigenvalue weighted by molar-refractivity contribution is 5.73. The van der Waals surface area contributed by atoms with E-state index in [4.69, 9.17) is 4.52 Å². The Morgan fingerprint density at radius 3 is 2.40 bits per heavy atom. The lowest BCUT2D eigenvalue weighted by Gasteiger charge is -2.56. The van der Waals surface area contributed by atoms with Gasteiger partial charge in [-0.3, -0.25) is 0 Å². The van der Waals surface area contributed by atoms with Gasteiger partial charge in [0.25, 0.3) is 0 Å². The van der Waals surface area contributed by atoms with E-state index in [0.29, 0.717) is 17.9 Å². The predicted octanol–water partition coefficient (Wildman–Crippen LogP) is 4.16. The number of carbonyl (C=O) groups excluding carboxylic acids is 1. The van der Waals surface area contributed by atoms with E-state index >= 15 is 0 Å². The largest absolute Gasteiger partial charge is 0.359 e. The van der Waals surface area contributed by atoms with Crippen molar-refractivity contribution in [3.8, 4) is 0 Å². The lowest BCUT2D eigenvalue weighted by atomic mass is 9.49. The molecule has 4 aliphatic carbocycles. The van der Waals surface area contributed by atoms with E-state index in [1.54, 1.807) is 4.90 Å². The van der Waals surface area contributed by atoms with Crippen LogP contribution < -0.4 is 5.32 Å². The fourth-order valence-electron chi connectivity index (χ4n) is 5.89. The second-order valence-electron chi connectivity index (χ2n) is 9.31. The predicted molar refractivity (Wildman–Crippen MR) is 96.1 cm³/mol. The third kappa shape index (κ3) is 3.42. The van der Waals surface area contributed by atoms with Crippen molar-refractivity contribution in [3.63, 3.8) is 0 Å². The average Bonchev–Trinajstić information content (AvgIpc) is 3.00. The molecule has 4 bridgehead atoms. The summed E-state index contributed by atoms with van der Waals surface area (Å²) in [6.45, 7) is 5.48. The van der Waals surface area contributed by atoms with Crippen molar-refractivity contribution in [2.45, 2.75) is 64.8 Å². The van der Waals surface area contributed by atoms with Crippen LogP contribution in [0.3, 0.4) is 0 Å². The molecule has 0 radical (unpaired) electrons. The highest BCUT2D eigenvalue weighted by atomic mass is 16.5. The van der Waals surface area contributed by atoms with Crippen LogP contribution in [0.5, 0.6) is 0 Å². The van der Waals surface area contributed by atoms with Gasteiger partial charge in [0.1, 0.15) is 0 Å². The number of urea groups is 1. The number of aromatic nitrogens is 1. The first-order valence-corrected chi connectivity index (χ1v) is 9.87. The fourth-order valence-corrected chi connectivity index (χ4v) is 5.89. The summed E-state index contributed by atoms with van der Waals surface area (Å²) < 4.78 is 5.35. The van der Waals surface area contributed by atoms with Crippen molar-refractivity contribution < 1.29 is 9.32 Å². The van der Waals surface area contributed by atoms with E-state index in [2.05, 4.69) is 24.3 Å². The molecule has 5 rings (SSSR count). The van der Waals surface area contributed by atoms with Crippen LogP contribution in [0.4, 0.5) is 4.79 Å². The molecule has 138 valence electrons. The van der Waals surface area contributed by atoms with E-state index < -0.39 is 0 Å². The number of hydrogen-bond acceptors (Lipinski definition) is 3. The van der Waals surface area contributed by atoms with Gasteiger partial charge in [-0.2, -0.15) is 0 Å². The first-order chi connectivity index (χ1) is 11.9. The Morgan fingerprint density at radius 2 is 1.88 bits per heavy atom. The van der Waals surface area contributed by atoms with Crippen molar-refractivity contribution in [3.05, 3.63) is 17.5 Å². The van der Waals surface area contributed by atoms with Gasteiger partial charge in [-0.25, -0.2) is 4.79 Å². The molecule has 5 nitrogen and oxygen atoms in total. The molecule has 4 fully saturated rings. The summed E-state index contributed by atoms with van der Waals surface area (Å²) in [5, 5.41) is 7.28. The average molecular weight is 345 g/mol. The molecule has 4 saturated carbocycles. The Labute approximate surface area is 150 Å². The third-order valence-electron chi connectivity index (χ3n) is 6.69. The Bertz CT molecular complexity index is 601. The van der Waals surface area contributed by atoms with Gasteiger partial charge >= 0.3 is 6.03 Å². The summed E-state index contributed by atoms with van der Waals surface area (Å²) in [7, 11) is 1.83. The van der Waals surface area contributed by atoms with Crippen LogP contribution in [0.15, 0.2) is 10.6 Å². The molecule has 0 aromatic carbocycles. The minimum atomic E-state index is -0.00163. The van der Waals surface area contributed by atoms with Crippen LogP contribution in [0.25, 0.3) is 0 Å². The van der Waals surface area contributed by atoms with Crippen LogP contribution >= 0.6 is 0 Å². The summed E-state index contributed by atoms with van der Waals surface area (Å²) in [5.41, 5.74) is 1.32. The van der Waals surface area contributed by atoms with Gasteiger partial charge in [-0.1, -0.05) is 19.0 Å². The molecule has 1 heterocycles. The maximum atomic E-state index is 12.5. The molecule has 2 amide bonds. The molecule has 0 spiro atoms. The lowest BCUT2D eigenvalue weighted by molar-refractivity contribution is -0.0502. The fraction of sp³-hybridized carbons (Fsp3) is 0.800. The van der Waals surface area contributed by atoms with Gasteiger partial charge in [-0.15, -0.1) is 0 Å². The molecule has 0 atom stereocenters. The van der Waals surface area contributed by atoms with Crippen molar-refractivity contribution in [2.75, 3.05) is 13.6 Å². The quantitative estimate of drug-likeness (QED) is 0.872. The molecule has 0 saturated heterocycles. The van der Waals surface area contributed by atoms with E-state index in [9.17, 15) is 4.79 Å². The molecule has 0 unspecified atom stereocenters. The summed E-state index contributed by atoms with van der Waals surface area (Å²) in [5.74, 6) is 3.85. The summed E-state index contributed by atoms with van der Waals surface area (Å²) in [4.78, 5) is 14.2. The zero-order chi connectivity index (χ0) is 17.6. The van der Waals surface area contributed by atoms with E-state index in [1.807, 2.05) is 13.1 Å². The van der Waals surface area contributed by atoms with Gasteiger partial charge < -0.3 is 14.7 Å². The Kier molecular flexibility index (Phi) is 4.28. The van der Waals surface area contributed by atoms with E-state index in [0.717, 1.165) is 35.8 Å². The van der Waals surface area contributed by atoms with Crippen molar-refractivity contribution >= 4 is 6.03 Å². The molecule has 1 aromatic rings. The van der Waals surface area contributed by atoms with Crippen LogP contribution in [0.1, 0.15) is 69.7 Å². The molecule has 1 aromatic heterocycles. The molecule has 1 N–H and O–H groups in total. The zero-order valence-electron chi connectivity index (χ0n) is 15.8. The number of hydrogen-bond donors (Lipinski definition) is 1. The minimum absolute atomic E-state index is 0.00163. The second kappa shape index (κ2) is 6.33. The number of carbonyl (C=O) groups is 1. The Hall–Kier alpha value is -1.52. The van der Waals surface area contributed by atoms with Gasteiger partial charge in [0.15, 0.2) is 5.76 Å². The Balaban J connectivity index is 1.31. The van der Waals surface area contributed by atoms with Gasteiger partial charge in [-0.05, 0) is 67.6 Å². The molecule has 5 heteroatoms. The topological polar surface area (TPSA) is 58.4 Å². The van der Waals surface area contributed by atoms with Gasteiger partial charge in [0, 0.05) is 19.7 Å². The smallest absolute Gasteiger partial charge is 0.317 e. The monoisotopic (exact) mass is 345 g/mol. The van der Waals surface area contributed by atoms with Crippen LogP contribution in [0, 0.1) is 23.2 Å². The van der Waals surface area contributed by atoms with Crippen molar-refractivity contribution in [1.82, 2.24) is 15.4 Å².